The maximum absolute atomic E-state index is 12.8. The largest absolute Gasteiger partial charge is 0.321 e. The molecule has 0 radical (unpaired) electrons. The first kappa shape index (κ1) is 17.2. The number of carbonyl (C=O) groups is 1. The molecular weight excluding hydrogens is 358 g/mol. The third-order valence-electron chi connectivity index (χ3n) is 4.52. The maximum atomic E-state index is 12.8. The van der Waals surface area contributed by atoms with E-state index in [1.54, 1.807) is 30.7 Å². The molecular formula is C22H16ClN3O. The van der Waals surface area contributed by atoms with Crippen LogP contribution in [0.25, 0.3) is 22.0 Å². The van der Waals surface area contributed by atoms with Crippen LogP contribution in [0.2, 0.25) is 5.02 Å². The second-order valence-electron chi connectivity index (χ2n) is 6.17. The molecule has 2 aromatic heterocycles. The summed E-state index contributed by atoms with van der Waals surface area (Å²) in [5.74, 6) is -0.242. The first-order valence-electron chi connectivity index (χ1n) is 8.50. The number of benzene rings is 2. The van der Waals surface area contributed by atoms with Crippen LogP contribution >= 0.6 is 11.6 Å². The smallest absolute Gasteiger partial charge is 0.257 e. The summed E-state index contributed by atoms with van der Waals surface area (Å²) in [6.07, 6.45) is 5.13. The van der Waals surface area contributed by atoms with Gasteiger partial charge in [-0.3, -0.25) is 14.8 Å². The van der Waals surface area contributed by atoms with Gasteiger partial charge in [0.25, 0.3) is 5.91 Å². The third kappa shape index (κ3) is 3.27. The van der Waals surface area contributed by atoms with E-state index < -0.39 is 0 Å². The number of aromatic nitrogens is 2. The monoisotopic (exact) mass is 373 g/mol. The van der Waals surface area contributed by atoms with Crippen molar-refractivity contribution in [3.63, 3.8) is 0 Å². The Morgan fingerprint density at radius 1 is 0.963 bits per heavy atom. The average Bonchev–Trinajstić information content (AvgIpc) is 2.69. The molecule has 0 aliphatic heterocycles. The molecule has 4 rings (SSSR count). The highest BCUT2D eigenvalue weighted by atomic mass is 35.5. The van der Waals surface area contributed by atoms with Crippen LogP contribution in [0.4, 0.5) is 5.69 Å². The third-order valence-corrected chi connectivity index (χ3v) is 4.85. The fourth-order valence-corrected chi connectivity index (χ4v) is 3.30. The van der Waals surface area contributed by atoms with E-state index in [0.717, 1.165) is 27.6 Å². The van der Waals surface area contributed by atoms with E-state index in [-0.39, 0.29) is 5.91 Å². The predicted molar refractivity (Wildman–Crippen MR) is 109 cm³/mol. The lowest BCUT2D eigenvalue weighted by atomic mass is 9.96. The van der Waals surface area contributed by atoms with Gasteiger partial charge >= 0.3 is 0 Å². The molecule has 132 valence electrons. The van der Waals surface area contributed by atoms with Gasteiger partial charge in [0.15, 0.2) is 0 Å². The maximum Gasteiger partial charge on any atom is 0.257 e. The van der Waals surface area contributed by atoms with E-state index in [9.17, 15) is 4.79 Å². The van der Waals surface area contributed by atoms with Crippen molar-refractivity contribution in [3.05, 3.63) is 89.3 Å². The first-order chi connectivity index (χ1) is 13.1. The van der Waals surface area contributed by atoms with Gasteiger partial charge in [0.2, 0.25) is 0 Å². The molecule has 1 amide bonds. The zero-order valence-corrected chi connectivity index (χ0v) is 15.4. The van der Waals surface area contributed by atoms with Crippen molar-refractivity contribution in [1.82, 2.24) is 9.97 Å². The summed E-state index contributed by atoms with van der Waals surface area (Å²) in [5.41, 5.74) is 4.74. The molecule has 2 aromatic carbocycles. The van der Waals surface area contributed by atoms with E-state index in [0.29, 0.717) is 16.3 Å². The normalized spacial score (nSPS) is 10.7. The lowest BCUT2D eigenvalue weighted by molar-refractivity contribution is 0.102. The molecule has 0 saturated carbocycles. The summed E-state index contributed by atoms with van der Waals surface area (Å²) in [7, 11) is 0. The van der Waals surface area contributed by atoms with Gasteiger partial charge in [0.05, 0.1) is 21.8 Å². The number of nitrogens with one attached hydrogen (secondary N) is 1. The number of para-hydroxylation sites is 1. The molecule has 0 atom stereocenters. The van der Waals surface area contributed by atoms with Crippen molar-refractivity contribution in [2.45, 2.75) is 6.92 Å². The van der Waals surface area contributed by atoms with Gasteiger partial charge in [0.1, 0.15) is 0 Å². The molecule has 0 fully saturated rings. The number of carbonyl (C=O) groups excluding carboxylic acids is 1. The number of anilines is 1. The molecule has 4 aromatic rings. The standard InChI is InChI=1S/C22H16ClN3O/c1-14-17(15-6-4-10-20-16(15)7-5-11-25-20)12-24-13-18(14)22(27)26-21-9-3-2-8-19(21)23/h2-13H,1H3,(H,26,27). The van der Waals surface area contributed by atoms with Gasteiger partial charge in [0, 0.05) is 29.5 Å². The molecule has 0 aliphatic rings. The van der Waals surface area contributed by atoms with Crippen LogP contribution < -0.4 is 5.32 Å². The molecule has 0 saturated heterocycles. The molecule has 0 aliphatic carbocycles. The highest BCUT2D eigenvalue weighted by Gasteiger charge is 2.16. The zero-order valence-electron chi connectivity index (χ0n) is 14.6. The Bertz CT molecular complexity index is 1150. The van der Waals surface area contributed by atoms with Crippen molar-refractivity contribution in [1.29, 1.82) is 0 Å². The molecule has 1 N–H and O–H groups in total. The molecule has 0 bridgehead atoms. The highest BCUT2D eigenvalue weighted by Crippen LogP contribution is 2.31. The van der Waals surface area contributed by atoms with Crippen LogP contribution in [0.1, 0.15) is 15.9 Å². The predicted octanol–water partition coefficient (Wildman–Crippen LogP) is 5.51. The van der Waals surface area contributed by atoms with Gasteiger partial charge in [-0.25, -0.2) is 0 Å². The van der Waals surface area contributed by atoms with Crippen LogP contribution in [0.3, 0.4) is 0 Å². The summed E-state index contributed by atoms with van der Waals surface area (Å²) in [6.45, 7) is 1.92. The molecule has 0 unspecified atom stereocenters. The van der Waals surface area contributed by atoms with Crippen LogP contribution in [-0.4, -0.2) is 15.9 Å². The van der Waals surface area contributed by atoms with Crippen molar-refractivity contribution < 1.29 is 4.79 Å². The Balaban J connectivity index is 1.77. The topological polar surface area (TPSA) is 54.9 Å². The van der Waals surface area contributed by atoms with Crippen LogP contribution in [-0.2, 0) is 0 Å². The summed E-state index contributed by atoms with van der Waals surface area (Å²) in [6, 6.07) is 17.0. The van der Waals surface area contributed by atoms with Gasteiger partial charge in [-0.05, 0) is 42.3 Å². The number of halogens is 1. The summed E-state index contributed by atoms with van der Waals surface area (Å²) in [5, 5.41) is 4.38. The van der Waals surface area contributed by atoms with Crippen LogP contribution in [0.5, 0.6) is 0 Å². The fourth-order valence-electron chi connectivity index (χ4n) is 3.12. The minimum absolute atomic E-state index is 0.242. The number of fused-ring (bicyclic) bond motifs is 1. The lowest BCUT2D eigenvalue weighted by Gasteiger charge is -2.13. The minimum Gasteiger partial charge on any atom is -0.321 e. The van der Waals surface area contributed by atoms with Crippen molar-refractivity contribution >= 4 is 34.1 Å². The number of hydrogen-bond donors (Lipinski definition) is 1. The van der Waals surface area contributed by atoms with E-state index in [1.165, 1.54) is 0 Å². The number of rotatable bonds is 3. The highest BCUT2D eigenvalue weighted by molar-refractivity contribution is 6.33. The number of hydrogen-bond acceptors (Lipinski definition) is 3. The van der Waals surface area contributed by atoms with E-state index in [1.807, 2.05) is 49.4 Å². The SMILES string of the molecule is Cc1c(C(=O)Nc2ccccc2Cl)cncc1-c1cccc2ncccc12. The summed E-state index contributed by atoms with van der Waals surface area (Å²) >= 11 is 6.15. The van der Waals surface area contributed by atoms with Crippen LogP contribution in [0.15, 0.2) is 73.2 Å². The Kier molecular flexibility index (Phi) is 4.57. The van der Waals surface area contributed by atoms with Gasteiger partial charge in [-0.1, -0.05) is 41.9 Å². The molecule has 5 heteroatoms. The second-order valence-corrected chi connectivity index (χ2v) is 6.58. The zero-order chi connectivity index (χ0) is 18.8. The van der Waals surface area contributed by atoms with Gasteiger partial charge in [-0.2, -0.15) is 0 Å². The van der Waals surface area contributed by atoms with E-state index >= 15 is 0 Å². The molecule has 2 heterocycles. The van der Waals surface area contributed by atoms with E-state index in [4.69, 9.17) is 11.6 Å². The van der Waals surface area contributed by atoms with Gasteiger partial charge < -0.3 is 5.32 Å². The van der Waals surface area contributed by atoms with Gasteiger partial charge in [-0.15, -0.1) is 0 Å². The van der Waals surface area contributed by atoms with Crippen LogP contribution in [0, 0.1) is 6.92 Å². The summed E-state index contributed by atoms with van der Waals surface area (Å²) in [4.78, 5) is 21.5. The number of nitrogens with zero attached hydrogens (tertiary/aromatic N) is 2. The Morgan fingerprint density at radius 3 is 2.67 bits per heavy atom. The fraction of sp³-hybridized carbons (Fsp3) is 0.0455. The molecule has 4 nitrogen and oxygen atoms in total. The summed E-state index contributed by atoms with van der Waals surface area (Å²) < 4.78 is 0. The average molecular weight is 374 g/mol. The number of amides is 1. The second kappa shape index (κ2) is 7.17. The number of pyridine rings is 2. The van der Waals surface area contributed by atoms with Crippen molar-refractivity contribution in [2.24, 2.45) is 0 Å². The van der Waals surface area contributed by atoms with Crippen molar-refractivity contribution in [3.8, 4) is 11.1 Å². The Hall–Kier alpha value is -3.24. The van der Waals surface area contributed by atoms with Crippen molar-refractivity contribution in [2.75, 3.05) is 5.32 Å². The first-order valence-corrected chi connectivity index (χ1v) is 8.87. The Labute approximate surface area is 161 Å². The minimum atomic E-state index is -0.242. The quantitative estimate of drug-likeness (QED) is 0.515. The van der Waals surface area contributed by atoms with E-state index in [2.05, 4.69) is 15.3 Å². The molecule has 0 spiro atoms. The Morgan fingerprint density at radius 2 is 1.81 bits per heavy atom. The molecule has 27 heavy (non-hydrogen) atoms. The lowest BCUT2D eigenvalue weighted by Crippen LogP contribution is -2.14.